The van der Waals surface area contributed by atoms with E-state index in [2.05, 4.69) is 135 Å². The second-order valence-corrected chi connectivity index (χ2v) is 18.6. The van der Waals surface area contributed by atoms with E-state index in [1.165, 1.54) is 33.0 Å². The molecule has 5 aromatic carbocycles. The van der Waals surface area contributed by atoms with Gasteiger partial charge < -0.3 is 8.83 Å². The Kier molecular flexibility index (Phi) is 5.79. The van der Waals surface area contributed by atoms with Crippen LogP contribution in [0.4, 0.5) is 0 Å². The van der Waals surface area contributed by atoms with Crippen LogP contribution < -0.4 is 9.75 Å². The fraction of sp³-hybridized carbons (Fsp3) is 0.205. The van der Waals surface area contributed by atoms with E-state index >= 15 is 0 Å². The summed E-state index contributed by atoms with van der Waals surface area (Å²) in [7, 11) is 0.685. The van der Waals surface area contributed by atoms with Crippen LogP contribution in [0.3, 0.4) is 0 Å². The van der Waals surface area contributed by atoms with Gasteiger partial charge in [-0.3, -0.25) is 0 Å². The highest BCUT2D eigenvalue weighted by atomic mass is 28.3. The third-order valence-corrected chi connectivity index (χ3v) is 11.4. The number of hydrogen-bond donors (Lipinski definition) is 0. The molecule has 0 bridgehead atoms. The molecule has 0 spiro atoms. The second kappa shape index (κ2) is 9.44. The van der Waals surface area contributed by atoms with Gasteiger partial charge in [-0.1, -0.05) is 93.3 Å². The molecule has 3 heterocycles. The van der Waals surface area contributed by atoms with Gasteiger partial charge in [0, 0.05) is 21.7 Å². The van der Waals surface area contributed by atoms with E-state index in [0.29, 0.717) is 5.92 Å². The van der Waals surface area contributed by atoms with Gasteiger partial charge >= 0.3 is 0 Å². The molecule has 0 atom stereocenters. The largest absolute Gasteiger partial charge is 0.456 e. The van der Waals surface area contributed by atoms with Gasteiger partial charge in [0.2, 0.25) is 0 Å². The average molecular weight is 594 g/mol. The van der Waals surface area contributed by atoms with Gasteiger partial charge in [0.05, 0.1) is 20.5 Å². The van der Waals surface area contributed by atoms with Crippen LogP contribution in [0, 0.1) is 6.92 Å². The molecule has 0 aliphatic carbocycles. The molecule has 0 amide bonds. The fourth-order valence-corrected chi connectivity index (χ4v) is 8.18. The van der Waals surface area contributed by atoms with Crippen molar-refractivity contribution in [1.29, 1.82) is 0 Å². The molecule has 0 saturated carbocycles. The number of imidazole rings is 1. The molecule has 0 saturated heterocycles. The number of furan rings is 2. The zero-order chi connectivity index (χ0) is 30.5. The van der Waals surface area contributed by atoms with Crippen LogP contribution in [0.1, 0.15) is 30.9 Å². The molecule has 0 radical (unpaired) electrons. The van der Waals surface area contributed by atoms with E-state index in [0.717, 1.165) is 55.3 Å². The van der Waals surface area contributed by atoms with Crippen molar-refractivity contribution in [3.05, 3.63) is 102 Å². The Morgan fingerprint density at radius 3 is 2.25 bits per heavy atom. The van der Waals surface area contributed by atoms with Crippen molar-refractivity contribution in [2.45, 2.75) is 46.3 Å². The maximum absolute atomic E-state index is 7.00. The topological polar surface area (TPSA) is 35.1 Å². The minimum Gasteiger partial charge on any atom is -0.456 e. The fourth-order valence-electron chi connectivity index (χ4n) is 7.01. The minimum atomic E-state index is -1.50. The lowest BCUT2D eigenvalue weighted by Gasteiger charge is -2.20. The molecule has 0 N–H and O–H groups in total. The Bertz CT molecular complexity index is 2430. The molecular weight excluding hydrogens is 557 g/mol. The van der Waals surface area contributed by atoms with Gasteiger partial charge in [-0.25, -0.2) is 4.57 Å². The standard InChI is InChI=1S/C39H37N2O2Si/c1-23(2)29-22-25(44(5,6)7)17-20-30(29)41-32-14-10-9-13-31(32)40(4)39(41)35-24(3)16-18-26-27-19-21-34-36(38(27)43-37(26)35)28-12-8-11-15-33(28)42-34/h8-23H,1-7H3/q+1. The van der Waals surface area contributed by atoms with Crippen molar-refractivity contribution in [2.24, 2.45) is 7.05 Å². The number of rotatable bonds is 4. The monoisotopic (exact) mass is 593 g/mol. The molecule has 5 heteroatoms. The predicted molar refractivity (Wildman–Crippen MR) is 186 cm³/mol. The first-order chi connectivity index (χ1) is 21.1. The number of benzene rings is 5. The van der Waals surface area contributed by atoms with Crippen molar-refractivity contribution in [2.75, 3.05) is 0 Å². The molecular formula is C39H37N2O2Si+. The molecule has 0 fully saturated rings. The molecule has 3 aromatic heterocycles. The summed E-state index contributed by atoms with van der Waals surface area (Å²) >= 11 is 0. The molecule has 0 aliphatic heterocycles. The van der Waals surface area contributed by atoms with Gasteiger partial charge in [-0.2, -0.15) is 4.57 Å². The number of fused-ring (bicyclic) bond motifs is 8. The zero-order valence-corrected chi connectivity index (χ0v) is 27.4. The van der Waals surface area contributed by atoms with Gasteiger partial charge in [0.15, 0.2) is 16.6 Å². The van der Waals surface area contributed by atoms with Crippen molar-refractivity contribution in [3.63, 3.8) is 0 Å². The maximum atomic E-state index is 7.00. The highest BCUT2D eigenvalue weighted by Gasteiger charge is 2.32. The lowest BCUT2D eigenvalue weighted by molar-refractivity contribution is -0.633. The summed E-state index contributed by atoms with van der Waals surface area (Å²) in [6, 6.07) is 32.8. The summed E-state index contributed by atoms with van der Waals surface area (Å²) in [4.78, 5) is 0. The summed E-state index contributed by atoms with van der Waals surface area (Å²) < 4.78 is 18.0. The Morgan fingerprint density at radius 1 is 0.727 bits per heavy atom. The van der Waals surface area contributed by atoms with Crippen molar-refractivity contribution >= 4 is 68.2 Å². The Labute approximate surface area is 258 Å². The van der Waals surface area contributed by atoms with Crippen LogP contribution in [-0.4, -0.2) is 12.6 Å². The highest BCUT2D eigenvalue weighted by Crippen LogP contribution is 2.43. The predicted octanol–water partition coefficient (Wildman–Crippen LogP) is 9.90. The molecule has 8 rings (SSSR count). The van der Waals surface area contributed by atoms with E-state index in [9.17, 15) is 0 Å². The Morgan fingerprint density at radius 2 is 1.45 bits per heavy atom. The summed E-state index contributed by atoms with van der Waals surface area (Å²) in [6.45, 7) is 14.1. The quantitative estimate of drug-likeness (QED) is 0.150. The first kappa shape index (κ1) is 27.0. The number of nitrogens with zero attached hydrogens (tertiary/aromatic N) is 2. The van der Waals surface area contributed by atoms with E-state index in [1.54, 1.807) is 0 Å². The van der Waals surface area contributed by atoms with Gasteiger partial charge in [0.25, 0.3) is 5.82 Å². The van der Waals surface area contributed by atoms with Crippen molar-refractivity contribution in [1.82, 2.24) is 4.57 Å². The third kappa shape index (κ3) is 3.78. The number of hydrogen-bond acceptors (Lipinski definition) is 2. The van der Waals surface area contributed by atoms with Crippen LogP contribution in [0.15, 0.2) is 99.8 Å². The molecule has 0 aliphatic rings. The summed E-state index contributed by atoms with van der Waals surface area (Å²) in [6.07, 6.45) is 0. The van der Waals surface area contributed by atoms with Crippen LogP contribution in [0.25, 0.3) is 72.0 Å². The van der Waals surface area contributed by atoms with Gasteiger partial charge in [-0.05, 0) is 54.8 Å². The lowest BCUT2D eigenvalue weighted by atomic mass is 9.99. The van der Waals surface area contributed by atoms with E-state index < -0.39 is 8.07 Å². The third-order valence-electron chi connectivity index (χ3n) is 9.35. The number of aromatic nitrogens is 2. The van der Waals surface area contributed by atoms with Crippen molar-refractivity contribution < 1.29 is 13.4 Å². The van der Waals surface area contributed by atoms with Crippen molar-refractivity contribution in [3.8, 4) is 17.1 Å². The molecule has 4 nitrogen and oxygen atoms in total. The smallest absolute Gasteiger partial charge is 0.298 e. The van der Waals surface area contributed by atoms with E-state index in [4.69, 9.17) is 8.83 Å². The summed E-state index contributed by atoms with van der Waals surface area (Å²) in [5.74, 6) is 1.48. The summed E-state index contributed by atoms with van der Waals surface area (Å²) in [5, 5.41) is 5.82. The SMILES string of the molecule is Cc1ccc2c(oc3c2ccc2oc4ccccc4c23)c1-c1n(-c2ccc([Si](C)(C)C)cc2C(C)C)c2ccccc2[n+]1C. The van der Waals surface area contributed by atoms with Crippen LogP contribution in [0.5, 0.6) is 0 Å². The van der Waals surface area contributed by atoms with Crippen LogP contribution in [-0.2, 0) is 7.05 Å². The average Bonchev–Trinajstić information content (AvgIpc) is 3.66. The maximum Gasteiger partial charge on any atom is 0.298 e. The summed E-state index contributed by atoms with van der Waals surface area (Å²) in [5.41, 5.74) is 10.8. The molecule has 218 valence electrons. The van der Waals surface area contributed by atoms with Gasteiger partial charge in [0.1, 0.15) is 28.0 Å². The van der Waals surface area contributed by atoms with Gasteiger partial charge in [-0.15, -0.1) is 0 Å². The first-order valence-corrected chi connectivity index (χ1v) is 19.0. The van der Waals surface area contributed by atoms with Crippen LogP contribution >= 0.6 is 0 Å². The first-order valence-electron chi connectivity index (χ1n) is 15.5. The Hall–Kier alpha value is -4.61. The normalized spacial score (nSPS) is 12.6. The lowest BCUT2D eigenvalue weighted by Crippen LogP contribution is -2.38. The van der Waals surface area contributed by atoms with E-state index in [1.807, 2.05) is 12.1 Å². The molecule has 8 aromatic rings. The minimum absolute atomic E-state index is 0.367. The Balaban J connectivity index is 1.51. The highest BCUT2D eigenvalue weighted by molar-refractivity contribution is 6.88. The van der Waals surface area contributed by atoms with E-state index in [-0.39, 0.29) is 0 Å². The molecule has 0 unspecified atom stereocenters. The second-order valence-electron chi connectivity index (χ2n) is 13.5. The molecule has 44 heavy (non-hydrogen) atoms. The number of aryl methyl sites for hydroxylation is 2. The van der Waals surface area contributed by atoms with Crippen LogP contribution in [0.2, 0.25) is 19.6 Å². The zero-order valence-electron chi connectivity index (χ0n) is 26.4. The number of para-hydroxylation sites is 3.